The lowest BCUT2D eigenvalue weighted by atomic mass is 10.0. The van der Waals surface area contributed by atoms with Crippen LogP contribution in [0.15, 0.2) is 47.3 Å². The SMILES string of the molecule is CNCC1CCc2nc3cc(-c4cccc(F)c4)ccc3c(=O)n21. The van der Waals surface area contributed by atoms with E-state index in [-0.39, 0.29) is 17.4 Å². The van der Waals surface area contributed by atoms with Crippen molar-refractivity contribution in [1.82, 2.24) is 14.9 Å². The van der Waals surface area contributed by atoms with Gasteiger partial charge in [-0.25, -0.2) is 9.37 Å². The molecule has 0 saturated heterocycles. The van der Waals surface area contributed by atoms with Crippen molar-refractivity contribution in [3.63, 3.8) is 0 Å². The van der Waals surface area contributed by atoms with E-state index in [2.05, 4.69) is 5.32 Å². The number of aromatic nitrogens is 2. The Balaban J connectivity index is 1.87. The van der Waals surface area contributed by atoms with E-state index >= 15 is 0 Å². The second-order valence-corrected chi connectivity index (χ2v) is 6.20. The number of rotatable bonds is 3. The molecule has 1 aliphatic rings. The summed E-state index contributed by atoms with van der Waals surface area (Å²) in [6.45, 7) is 0.765. The minimum atomic E-state index is -0.274. The van der Waals surface area contributed by atoms with Gasteiger partial charge in [-0.2, -0.15) is 0 Å². The summed E-state index contributed by atoms with van der Waals surface area (Å²) in [5.74, 6) is 0.564. The Morgan fingerprint density at radius 3 is 2.88 bits per heavy atom. The lowest BCUT2D eigenvalue weighted by Gasteiger charge is -2.14. The molecular weight excluding hydrogens is 305 g/mol. The molecule has 3 aromatic rings. The molecule has 1 aliphatic heterocycles. The van der Waals surface area contributed by atoms with Crippen molar-refractivity contribution >= 4 is 10.9 Å². The molecule has 2 heterocycles. The van der Waals surface area contributed by atoms with Crippen LogP contribution in [0.5, 0.6) is 0 Å². The Hall–Kier alpha value is -2.53. The maximum absolute atomic E-state index is 13.5. The molecule has 24 heavy (non-hydrogen) atoms. The Morgan fingerprint density at radius 1 is 1.25 bits per heavy atom. The van der Waals surface area contributed by atoms with E-state index in [1.165, 1.54) is 12.1 Å². The third-order valence-electron chi connectivity index (χ3n) is 4.64. The van der Waals surface area contributed by atoms with Crippen LogP contribution in [0.4, 0.5) is 4.39 Å². The fourth-order valence-electron chi connectivity index (χ4n) is 3.50. The first-order valence-corrected chi connectivity index (χ1v) is 8.13. The maximum Gasteiger partial charge on any atom is 0.261 e. The van der Waals surface area contributed by atoms with Crippen molar-refractivity contribution in [1.29, 1.82) is 0 Å². The number of benzene rings is 2. The highest BCUT2D eigenvalue weighted by Gasteiger charge is 2.25. The molecule has 1 aromatic heterocycles. The number of fused-ring (bicyclic) bond motifs is 2. The Bertz CT molecular complexity index is 980. The molecule has 5 heteroatoms. The van der Waals surface area contributed by atoms with Gasteiger partial charge in [-0.05, 0) is 48.9 Å². The van der Waals surface area contributed by atoms with Crippen LogP contribution in [0, 0.1) is 5.82 Å². The summed E-state index contributed by atoms with van der Waals surface area (Å²) in [6.07, 6.45) is 1.73. The molecular formula is C19H18FN3O. The zero-order chi connectivity index (χ0) is 16.7. The molecule has 122 valence electrons. The van der Waals surface area contributed by atoms with Crippen molar-refractivity contribution in [2.45, 2.75) is 18.9 Å². The highest BCUT2D eigenvalue weighted by atomic mass is 19.1. The third kappa shape index (κ3) is 2.41. The molecule has 2 aromatic carbocycles. The van der Waals surface area contributed by atoms with E-state index in [4.69, 9.17) is 4.98 Å². The first-order chi connectivity index (χ1) is 11.7. The number of nitrogens with one attached hydrogen (secondary N) is 1. The average Bonchev–Trinajstić information content (AvgIpc) is 2.98. The van der Waals surface area contributed by atoms with Crippen molar-refractivity contribution in [2.75, 3.05) is 13.6 Å². The summed E-state index contributed by atoms with van der Waals surface area (Å²) in [7, 11) is 1.89. The number of nitrogens with zero attached hydrogens (tertiary/aromatic N) is 2. The molecule has 0 bridgehead atoms. The van der Waals surface area contributed by atoms with Gasteiger partial charge < -0.3 is 5.32 Å². The lowest BCUT2D eigenvalue weighted by molar-refractivity contribution is 0.489. The van der Waals surface area contributed by atoms with E-state index < -0.39 is 0 Å². The maximum atomic E-state index is 13.5. The van der Waals surface area contributed by atoms with Crippen LogP contribution < -0.4 is 10.9 Å². The number of aryl methyl sites for hydroxylation is 1. The molecule has 0 aliphatic carbocycles. The fraction of sp³-hybridized carbons (Fsp3) is 0.263. The van der Waals surface area contributed by atoms with Gasteiger partial charge in [0, 0.05) is 13.0 Å². The van der Waals surface area contributed by atoms with Gasteiger partial charge in [0.15, 0.2) is 0 Å². The molecule has 0 amide bonds. The lowest BCUT2D eigenvalue weighted by Crippen LogP contribution is -2.29. The molecule has 0 spiro atoms. The van der Waals surface area contributed by atoms with Crippen LogP contribution in [-0.2, 0) is 6.42 Å². The molecule has 4 nitrogen and oxygen atoms in total. The minimum absolute atomic E-state index is 0.0125. The zero-order valence-corrected chi connectivity index (χ0v) is 13.4. The van der Waals surface area contributed by atoms with Crippen LogP contribution in [0.1, 0.15) is 18.3 Å². The van der Waals surface area contributed by atoms with Gasteiger partial charge in [0.2, 0.25) is 0 Å². The van der Waals surface area contributed by atoms with Gasteiger partial charge in [0.1, 0.15) is 11.6 Å². The molecule has 0 fully saturated rings. The normalized spacial score (nSPS) is 16.5. The first kappa shape index (κ1) is 15.0. The van der Waals surface area contributed by atoms with Gasteiger partial charge >= 0.3 is 0 Å². The van der Waals surface area contributed by atoms with Crippen LogP contribution in [0.25, 0.3) is 22.0 Å². The summed E-state index contributed by atoms with van der Waals surface area (Å²) in [4.78, 5) is 17.5. The van der Waals surface area contributed by atoms with E-state index in [1.807, 2.05) is 29.8 Å². The van der Waals surface area contributed by atoms with Gasteiger partial charge in [0.05, 0.1) is 16.9 Å². The van der Waals surface area contributed by atoms with Gasteiger partial charge in [0.25, 0.3) is 5.56 Å². The van der Waals surface area contributed by atoms with Crippen LogP contribution in [-0.4, -0.2) is 23.1 Å². The standard InChI is InChI=1S/C19H18FN3O/c1-21-11-15-6-8-18-22-17-10-13(12-3-2-4-14(20)9-12)5-7-16(17)19(24)23(15)18/h2-5,7,9-10,15,21H,6,8,11H2,1H3. The summed E-state index contributed by atoms with van der Waals surface area (Å²) in [5.41, 5.74) is 2.34. The topological polar surface area (TPSA) is 46.9 Å². The van der Waals surface area contributed by atoms with Gasteiger partial charge in [-0.1, -0.05) is 18.2 Å². The molecule has 0 saturated carbocycles. The largest absolute Gasteiger partial charge is 0.318 e. The van der Waals surface area contributed by atoms with Crippen LogP contribution >= 0.6 is 0 Å². The molecule has 0 radical (unpaired) electrons. The highest BCUT2D eigenvalue weighted by Crippen LogP contribution is 2.26. The summed E-state index contributed by atoms with van der Waals surface area (Å²) >= 11 is 0. The first-order valence-electron chi connectivity index (χ1n) is 8.13. The number of hydrogen-bond acceptors (Lipinski definition) is 3. The molecule has 4 rings (SSSR count). The predicted octanol–water partition coefficient (Wildman–Crippen LogP) is 2.91. The number of halogens is 1. The Labute approximate surface area is 139 Å². The van der Waals surface area contributed by atoms with E-state index in [9.17, 15) is 9.18 Å². The quantitative estimate of drug-likeness (QED) is 0.806. The minimum Gasteiger partial charge on any atom is -0.318 e. The molecule has 1 N–H and O–H groups in total. The number of hydrogen-bond donors (Lipinski definition) is 1. The van der Waals surface area contributed by atoms with Crippen LogP contribution in [0.2, 0.25) is 0 Å². The zero-order valence-electron chi connectivity index (χ0n) is 13.4. The van der Waals surface area contributed by atoms with Crippen molar-refractivity contribution < 1.29 is 4.39 Å². The van der Waals surface area contributed by atoms with Crippen molar-refractivity contribution in [2.24, 2.45) is 0 Å². The van der Waals surface area contributed by atoms with Crippen molar-refractivity contribution in [3.8, 4) is 11.1 Å². The smallest absolute Gasteiger partial charge is 0.261 e. The van der Waals surface area contributed by atoms with E-state index in [0.717, 1.165) is 36.3 Å². The fourth-order valence-corrected chi connectivity index (χ4v) is 3.50. The van der Waals surface area contributed by atoms with E-state index in [0.29, 0.717) is 10.9 Å². The molecule has 1 atom stereocenters. The Morgan fingerprint density at radius 2 is 2.08 bits per heavy atom. The predicted molar refractivity (Wildman–Crippen MR) is 92.7 cm³/mol. The third-order valence-corrected chi connectivity index (χ3v) is 4.64. The molecule has 1 unspecified atom stereocenters. The van der Waals surface area contributed by atoms with Gasteiger partial charge in [-0.15, -0.1) is 0 Å². The van der Waals surface area contributed by atoms with Crippen molar-refractivity contribution in [3.05, 3.63) is 64.5 Å². The Kier molecular flexibility index (Phi) is 3.65. The summed E-state index contributed by atoms with van der Waals surface area (Å²) < 4.78 is 15.3. The van der Waals surface area contributed by atoms with Crippen LogP contribution in [0.3, 0.4) is 0 Å². The highest BCUT2D eigenvalue weighted by molar-refractivity contribution is 5.83. The number of likely N-dealkylation sites (N-methyl/N-ethyl adjacent to an activating group) is 1. The monoisotopic (exact) mass is 323 g/mol. The average molecular weight is 323 g/mol. The van der Waals surface area contributed by atoms with Gasteiger partial charge in [-0.3, -0.25) is 9.36 Å². The second-order valence-electron chi connectivity index (χ2n) is 6.20. The summed E-state index contributed by atoms with van der Waals surface area (Å²) in [5, 5.41) is 3.75. The second kappa shape index (κ2) is 5.83. The summed E-state index contributed by atoms with van der Waals surface area (Å²) in [6, 6.07) is 12.1. The van der Waals surface area contributed by atoms with E-state index in [1.54, 1.807) is 12.1 Å².